The highest BCUT2D eigenvalue weighted by molar-refractivity contribution is 7.90. The fraction of sp³-hybridized carbons (Fsp3) is 0.378. The quantitative estimate of drug-likeness (QED) is 0.0821. The van der Waals surface area contributed by atoms with Gasteiger partial charge in [-0.25, -0.2) is 18.2 Å². The van der Waals surface area contributed by atoms with E-state index in [-0.39, 0.29) is 72.2 Å². The molecule has 3 aliphatic heterocycles. The van der Waals surface area contributed by atoms with Crippen LogP contribution in [0.2, 0.25) is 0 Å². The molecule has 66 heavy (non-hydrogen) atoms. The Hall–Kier alpha value is -6.58. The van der Waals surface area contributed by atoms with Crippen molar-refractivity contribution in [2.75, 3.05) is 54.7 Å². The summed E-state index contributed by atoms with van der Waals surface area (Å²) in [7, 11) is -2.92. The van der Waals surface area contributed by atoms with Crippen molar-refractivity contribution in [3.63, 3.8) is 0 Å². The second-order valence-electron chi connectivity index (χ2n) is 16.9. The van der Waals surface area contributed by atoms with Gasteiger partial charge in [0.15, 0.2) is 5.82 Å². The first-order valence-electron chi connectivity index (χ1n) is 21.5. The third-order valence-corrected chi connectivity index (χ3v) is 14.3. The van der Waals surface area contributed by atoms with Crippen LogP contribution in [0.15, 0.2) is 71.9 Å². The van der Waals surface area contributed by atoms with Crippen LogP contribution in [-0.4, -0.2) is 112 Å². The average Bonchev–Trinajstić information content (AvgIpc) is 3.72. The number of halogens is 3. The van der Waals surface area contributed by atoms with Crippen molar-refractivity contribution in [3.05, 3.63) is 106 Å². The fourth-order valence-corrected chi connectivity index (χ4v) is 9.63. The monoisotopic (exact) mass is 931 g/mol. The maximum absolute atomic E-state index is 15.6. The third-order valence-electron chi connectivity index (χ3n) is 12.7. The lowest BCUT2D eigenvalue weighted by Crippen LogP contribution is -2.49. The van der Waals surface area contributed by atoms with Gasteiger partial charge in [0.25, 0.3) is 5.56 Å². The summed E-state index contributed by atoms with van der Waals surface area (Å²) in [5.41, 5.74) is -1.42. The molecular weight excluding hydrogens is 884 g/mol. The molecule has 3 saturated heterocycles. The summed E-state index contributed by atoms with van der Waals surface area (Å²) in [5, 5.41) is 16.9. The molecule has 21 heteroatoms. The normalized spacial score (nSPS) is 18.1. The Balaban J connectivity index is 0.869. The van der Waals surface area contributed by atoms with E-state index in [1.54, 1.807) is 46.9 Å². The molecule has 3 aromatic heterocycles. The van der Waals surface area contributed by atoms with E-state index in [4.69, 9.17) is 0 Å². The number of imide groups is 1. The maximum atomic E-state index is 15.6. The Kier molecular flexibility index (Phi) is 12.8. The van der Waals surface area contributed by atoms with E-state index < -0.39 is 62.2 Å². The van der Waals surface area contributed by atoms with Crippen LogP contribution in [-0.2, 0) is 24.6 Å². The Bertz CT molecular complexity index is 2910. The number of hydrogen-bond acceptors (Lipinski definition) is 11. The average molecular weight is 932 g/mol. The molecule has 3 amide bonds. The first-order valence-corrected chi connectivity index (χ1v) is 23.0. The Morgan fingerprint density at radius 1 is 0.955 bits per heavy atom. The van der Waals surface area contributed by atoms with E-state index in [1.807, 2.05) is 9.62 Å². The SMILES string of the molecule is CCN(C)S(=O)(=O)Nc1ccc(F)c(C(=O)c2c[nH]c3ncc(-c4ccn(C5CCN(C(=O)CC6(O)CCN(c7ccc(NC8CCC(=O)NC8=O)cc7F)CC6)CC5)c(=O)c4)cc23)c1F. The van der Waals surface area contributed by atoms with Crippen molar-refractivity contribution in [2.24, 2.45) is 0 Å². The van der Waals surface area contributed by atoms with Crippen molar-refractivity contribution in [3.8, 4) is 11.1 Å². The summed E-state index contributed by atoms with van der Waals surface area (Å²) in [4.78, 5) is 74.9. The van der Waals surface area contributed by atoms with Crippen LogP contribution in [0.3, 0.4) is 0 Å². The van der Waals surface area contributed by atoms with Gasteiger partial charge >= 0.3 is 10.2 Å². The summed E-state index contributed by atoms with van der Waals surface area (Å²) >= 11 is 0. The highest BCUT2D eigenvalue weighted by Crippen LogP contribution is 2.34. The van der Waals surface area contributed by atoms with Crippen LogP contribution in [0.5, 0.6) is 0 Å². The third kappa shape index (κ3) is 9.40. The number of aromatic amines is 1. The number of aromatic nitrogens is 3. The molecule has 0 radical (unpaired) electrons. The van der Waals surface area contributed by atoms with Crippen LogP contribution < -0.4 is 25.8 Å². The minimum atomic E-state index is -4.19. The van der Waals surface area contributed by atoms with Crippen molar-refractivity contribution in [1.82, 2.24) is 29.1 Å². The van der Waals surface area contributed by atoms with Crippen LogP contribution in [0.4, 0.5) is 30.2 Å². The van der Waals surface area contributed by atoms with Gasteiger partial charge in [0, 0.05) is 99.1 Å². The summed E-state index contributed by atoms with van der Waals surface area (Å²) in [6.07, 6.45) is 6.22. The largest absolute Gasteiger partial charge is 0.389 e. The van der Waals surface area contributed by atoms with Crippen molar-refractivity contribution >= 4 is 61.8 Å². The Morgan fingerprint density at radius 2 is 1.70 bits per heavy atom. The number of rotatable bonds is 13. The number of carbonyl (C=O) groups is 4. The molecule has 0 aliphatic carbocycles. The highest BCUT2D eigenvalue weighted by Gasteiger charge is 2.38. The van der Waals surface area contributed by atoms with Crippen molar-refractivity contribution in [2.45, 2.75) is 69.6 Å². The number of anilines is 3. The molecule has 5 aromatic rings. The Morgan fingerprint density at radius 3 is 2.38 bits per heavy atom. The zero-order chi connectivity index (χ0) is 47.1. The maximum Gasteiger partial charge on any atom is 0.301 e. The molecular formula is C45H48F3N9O8S. The number of hydrogen-bond donors (Lipinski definition) is 5. The van der Waals surface area contributed by atoms with E-state index in [2.05, 4.69) is 20.6 Å². The summed E-state index contributed by atoms with van der Waals surface area (Å²) < 4.78 is 75.6. The van der Waals surface area contributed by atoms with Crippen LogP contribution in [0.1, 0.15) is 73.8 Å². The molecule has 5 N–H and O–H groups in total. The van der Waals surface area contributed by atoms with E-state index >= 15 is 13.2 Å². The molecule has 2 aromatic carbocycles. The number of pyridine rings is 2. The number of piperidine rings is 3. The molecule has 6 heterocycles. The number of aliphatic hydroxyl groups is 1. The predicted octanol–water partition coefficient (Wildman–Crippen LogP) is 4.45. The topological polar surface area (TPSA) is 219 Å². The number of ketones is 1. The van der Waals surface area contributed by atoms with Gasteiger partial charge in [0.2, 0.25) is 23.5 Å². The van der Waals surface area contributed by atoms with Crippen molar-refractivity contribution in [1.29, 1.82) is 0 Å². The molecule has 3 fully saturated rings. The number of H-pyrrole nitrogens is 1. The minimum Gasteiger partial charge on any atom is -0.389 e. The molecule has 348 valence electrons. The second kappa shape index (κ2) is 18.4. The smallest absolute Gasteiger partial charge is 0.301 e. The van der Waals surface area contributed by atoms with Gasteiger partial charge in [0.05, 0.1) is 29.0 Å². The number of nitrogens with zero attached hydrogens (tertiary/aromatic N) is 5. The molecule has 0 saturated carbocycles. The van der Waals surface area contributed by atoms with Gasteiger partial charge in [0.1, 0.15) is 23.3 Å². The molecule has 0 spiro atoms. The molecule has 3 aliphatic rings. The van der Waals surface area contributed by atoms with E-state index in [0.717, 1.165) is 16.4 Å². The zero-order valence-corrected chi connectivity index (χ0v) is 36.9. The van der Waals surface area contributed by atoms with Gasteiger partial charge in [-0.05, 0) is 80.1 Å². The number of likely N-dealkylation sites (tertiary alicyclic amines) is 1. The van der Waals surface area contributed by atoms with Crippen LogP contribution >= 0.6 is 0 Å². The first-order chi connectivity index (χ1) is 31.4. The van der Waals surface area contributed by atoms with Crippen LogP contribution in [0.25, 0.3) is 22.2 Å². The summed E-state index contributed by atoms with van der Waals surface area (Å²) in [6, 6.07) is 10.1. The van der Waals surface area contributed by atoms with Gasteiger partial charge in [-0.15, -0.1) is 0 Å². The van der Waals surface area contributed by atoms with Gasteiger partial charge in [-0.2, -0.15) is 12.7 Å². The molecule has 8 rings (SSSR count). The Labute approximate surface area is 377 Å². The highest BCUT2D eigenvalue weighted by atomic mass is 32.2. The predicted molar refractivity (Wildman–Crippen MR) is 238 cm³/mol. The zero-order valence-electron chi connectivity index (χ0n) is 36.1. The van der Waals surface area contributed by atoms with Crippen molar-refractivity contribution < 1.29 is 45.9 Å². The summed E-state index contributed by atoms with van der Waals surface area (Å²) in [6.45, 7) is 3.00. The number of fused-ring (bicyclic) bond motifs is 1. The molecule has 1 unspecified atom stereocenters. The summed E-state index contributed by atoms with van der Waals surface area (Å²) in [5.74, 6) is -5.16. The van der Waals surface area contributed by atoms with Gasteiger partial charge in [-0.3, -0.25) is 34.0 Å². The van der Waals surface area contributed by atoms with E-state index in [9.17, 15) is 37.5 Å². The van der Waals surface area contributed by atoms with Crippen LogP contribution in [0, 0.1) is 17.5 Å². The standard InChI is InChI=1S/C45H48F3N9O8S/c1-3-54(2)66(64,65)53-34-6-5-32(46)40(41(34)48)42(61)31-25-50-43-30(31)20-27(24-49-43)26-10-17-57(38(59)21-26)29-11-15-56(16-12-29)39(60)23-45(63)13-18-55(19-14-45)36-8-4-28(22-33(36)47)51-35-7-9-37(58)52-44(35)62/h4-6,8,10,17,20-22,24-25,29,35,51,53,63H,3,7,9,11-16,18-19,23H2,1-2H3,(H,49,50)(H,52,58,62). The lowest BCUT2D eigenvalue weighted by atomic mass is 9.87. The van der Waals surface area contributed by atoms with Gasteiger partial charge in [-0.1, -0.05) is 6.92 Å². The lowest BCUT2D eigenvalue weighted by molar-refractivity contribution is -0.139. The molecule has 0 bridgehead atoms. The number of benzene rings is 2. The second-order valence-corrected chi connectivity index (χ2v) is 18.7. The van der Waals surface area contributed by atoms with Gasteiger partial charge < -0.3 is 29.8 Å². The first kappa shape index (κ1) is 46.0. The number of nitrogens with one attached hydrogen (secondary N) is 4. The van der Waals surface area contributed by atoms with E-state index in [0.29, 0.717) is 67.9 Å². The fourth-order valence-electron chi connectivity index (χ4n) is 8.69. The number of carbonyl (C=O) groups excluding carboxylic acids is 4. The lowest BCUT2D eigenvalue weighted by Gasteiger charge is -2.40. The van der Waals surface area contributed by atoms with E-state index in [1.165, 1.54) is 31.6 Å². The minimum absolute atomic E-state index is 0.0732. The molecule has 1 atom stereocenters. The molecule has 17 nitrogen and oxygen atoms in total. The number of amides is 3.